The Balaban J connectivity index is 2.26. The fourth-order valence-corrected chi connectivity index (χ4v) is 4.03. The summed E-state index contributed by atoms with van der Waals surface area (Å²) in [4.78, 5) is 17.1. The van der Waals surface area contributed by atoms with Crippen molar-refractivity contribution < 1.29 is 18.7 Å². The van der Waals surface area contributed by atoms with Gasteiger partial charge in [-0.05, 0) is 57.4 Å². The fourth-order valence-electron chi connectivity index (χ4n) is 4.03. The molecule has 206 valence electrons. The number of allylic oxidation sites excluding steroid dienone is 9. The predicted molar refractivity (Wildman–Crippen MR) is 149 cm³/mol. The van der Waals surface area contributed by atoms with Crippen LogP contribution in [0, 0.1) is 28.6 Å². The number of carbonyl (C=O) groups is 1. The standard InChI is InChI=1S/C31H37FN4O3/c1-5-28(38-16-15-32)13-11-22(2)17-29(27-10-8-6-7-9-25(18-27)19-33)23(3)36-31(37)24(4)39-30-14-12-26(20-34)21-35-30/h6-7,10-14,18,21,23-24,29H,5,8-9,15-17H2,1-4H3,(H,36,37)/b7-6?,22-11+,25-18+,27-10+,28-13+/t23-,24?,29?/m0/s1. The molecule has 0 spiro atoms. The first-order valence-electron chi connectivity index (χ1n) is 13.1. The molecule has 2 rings (SSSR count). The zero-order valence-corrected chi connectivity index (χ0v) is 23.1. The van der Waals surface area contributed by atoms with Crippen LogP contribution in [0.4, 0.5) is 4.39 Å². The van der Waals surface area contributed by atoms with E-state index in [1.807, 2.05) is 57.2 Å². The predicted octanol–water partition coefficient (Wildman–Crippen LogP) is 6.18. The Morgan fingerprint density at radius 2 is 2.03 bits per heavy atom. The monoisotopic (exact) mass is 532 g/mol. The molecule has 0 saturated heterocycles. The summed E-state index contributed by atoms with van der Waals surface area (Å²) in [6.07, 6.45) is 15.0. The second-order valence-corrected chi connectivity index (χ2v) is 9.30. The van der Waals surface area contributed by atoms with E-state index < -0.39 is 12.8 Å². The lowest BCUT2D eigenvalue weighted by atomic mass is 9.84. The first-order chi connectivity index (χ1) is 18.8. The topological polar surface area (TPSA) is 108 Å². The molecule has 0 fully saturated rings. The van der Waals surface area contributed by atoms with Gasteiger partial charge in [-0.3, -0.25) is 4.79 Å². The van der Waals surface area contributed by atoms with E-state index in [1.54, 1.807) is 19.1 Å². The van der Waals surface area contributed by atoms with Crippen LogP contribution in [0.15, 0.2) is 77.3 Å². The van der Waals surface area contributed by atoms with Gasteiger partial charge in [-0.1, -0.05) is 36.8 Å². The largest absolute Gasteiger partial charge is 0.495 e. The first-order valence-corrected chi connectivity index (χ1v) is 13.1. The van der Waals surface area contributed by atoms with Crippen molar-refractivity contribution in [2.75, 3.05) is 13.3 Å². The Morgan fingerprint density at radius 1 is 1.23 bits per heavy atom. The molecular weight excluding hydrogens is 495 g/mol. The quantitative estimate of drug-likeness (QED) is 0.185. The molecule has 8 heteroatoms. The molecule has 1 aromatic rings. The number of rotatable bonds is 13. The number of nitrogens with zero attached hydrogens (tertiary/aromatic N) is 3. The van der Waals surface area contributed by atoms with Crippen molar-refractivity contribution in [1.82, 2.24) is 10.3 Å². The second-order valence-electron chi connectivity index (χ2n) is 9.30. The van der Waals surface area contributed by atoms with Crippen LogP contribution in [0.3, 0.4) is 0 Å². The van der Waals surface area contributed by atoms with E-state index in [0.29, 0.717) is 36.2 Å². The van der Waals surface area contributed by atoms with E-state index in [4.69, 9.17) is 14.7 Å². The smallest absolute Gasteiger partial charge is 0.261 e. The summed E-state index contributed by atoms with van der Waals surface area (Å²) in [7, 11) is 0. The SMILES string of the molecule is CC/C(=C\C=C(/C)CC(C1=C/CC=CC/C(C#N)=C\1)[C@H](C)NC(=O)C(C)Oc1ccc(C#N)cn1)OCCF. The maximum atomic E-state index is 13.1. The van der Waals surface area contributed by atoms with Gasteiger partial charge in [0.1, 0.15) is 19.4 Å². The summed E-state index contributed by atoms with van der Waals surface area (Å²) in [5.41, 5.74) is 3.08. The highest BCUT2D eigenvalue weighted by molar-refractivity contribution is 5.81. The summed E-state index contributed by atoms with van der Waals surface area (Å²) in [5.74, 6) is 0.535. The van der Waals surface area contributed by atoms with Gasteiger partial charge in [0.25, 0.3) is 5.91 Å². The highest BCUT2D eigenvalue weighted by Crippen LogP contribution is 2.28. The Labute approximate surface area is 231 Å². The number of amides is 1. The number of pyridine rings is 1. The molecule has 1 aliphatic rings. The minimum atomic E-state index is -0.813. The summed E-state index contributed by atoms with van der Waals surface area (Å²) in [6.45, 7) is 7.02. The lowest BCUT2D eigenvalue weighted by Gasteiger charge is -2.28. The van der Waals surface area contributed by atoms with Crippen molar-refractivity contribution in [1.29, 1.82) is 10.5 Å². The fraction of sp³-hybridized carbons (Fsp3) is 0.419. The van der Waals surface area contributed by atoms with Gasteiger partial charge in [-0.2, -0.15) is 10.5 Å². The van der Waals surface area contributed by atoms with Crippen LogP contribution < -0.4 is 10.1 Å². The number of carbonyl (C=O) groups excluding carboxylic acids is 1. The number of hydrogen-bond acceptors (Lipinski definition) is 6. The van der Waals surface area contributed by atoms with Gasteiger partial charge in [-0.15, -0.1) is 0 Å². The Bertz CT molecular complexity index is 1200. The Kier molecular flexibility index (Phi) is 13.2. The van der Waals surface area contributed by atoms with Crippen LogP contribution in [0.25, 0.3) is 0 Å². The molecule has 3 atom stereocenters. The second kappa shape index (κ2) is 16.6. The number of alkyl halides is 1. The van der Waals surface area contributed by atoms with Crippen molar-refractivity contribution in [2.45, 2.75) is 65.5 Å². The van der Waals surface area contributed by atoms with Gasteiger partial charge in [0.2, 0.25) is 5.88 Å². The van der Waals surface area contributed by atoms with E-state index in [-0.39, 0.29) is 30.4 Å². The molecular formula is C31H37FN4O3. The molecule has 0 bridgehead atoms. The van der Waals surface area contributed by atoms with Crippen LogP contribution in [0.2, 0.25) is 0 Å². The van der Waals surface area contributed by atoms with Crippen molar-refractivity contribution in [3.63, 3.8) is 0 Å². The van der Waals surface area contributed by atoms with Crippen LogP contribution in [-0.2, 0) is 9.53 Å². The third-order valence-electron chi connectivity index (χ3n) is 6.22. The van der Waals surface area contributed by atoms with Crippen LogP contribution in [0.1, 0.15) is 58.9 Å². The summed E-state index contributed by atoms with van der Waals surface area (Å²) < 4.78 is 23.7. The van der Waals surface area contributed by atoms with Crippen molar-refractivity contribution in [3.05, 3.63) is 82.8 Å². The minimum absolute atomic E-state index is 0.0264. The number of halogens is 1. The van der Waals surface area contributed by atoms with E-state index in [0.717, 1.165) is 17.6 Å². The zero-order chi connectivity index (χ0) is 28.6. The highest BCUT2D eigenvalue weighted by Gasteiger charge is 2.26. The van der Waals surface area contributed by atoms with Gasteiger partial charge in [0.05, 0.1) is 17.4 Å². The molecule has 0 aliphatic heterocycles. The molecule has 2 unspecified atom stereocenters. The number of nitrogens with one attached hydrogen (secondary N) is 1. The van der Waals surface area contributed by atoms with E-state index in [1.165, 1.54) is 6.20 Å². The summed E-state index contributed by atoms with van der Waals surface area (Å²) in [5, 5.41) is 21.6. The lowest BCUT2D eigenvalue weighted by Crippen LogP contribution is -2.45. The molecule has 39 heavy (non-hydrogen) atoms. The molecule has 1 N–H and O–H groups in total. The Morgan fingerprint density at radius 3 is 2.67 bits per heavy atom. The van der Waals surface area contributed by atoms with Gasteiger partial charge in [0.15, 0.2) is 6.10 Å². The van der Waals surface area contributed by atoms with Gasteiger partial charge >= 0.3 is 0 Å². The molecule has 1 heterocycles. The third kappa shape index (κ3) is 10.6. The van der Waals surface area contributed by atoms with E-state index in [2.05, 4.69) is 22.4 Å². The summed E-state index contributed by atoms with van der Waals surface area (Å²) >= 11 is 0. The zero-order valence-electron chi connectivity index (χ0n) is 23.1. The number of ether oxygens (including phenoxy) is 2. The molecule has 0 radical (unpaired) electrons. The van der Waals surface area contributed by atoms with Gasteiger partial charge in [-0.25, -0.2) is 9.37 Å². The van der Waals surface area contributed by atoms with Crippen LogP contribution in [0.5, 0.6) is 5.88 Å². The van der Waals surface area contributed by atoms with Gasteiger partial charge < -0.3 is 14.8 Å². The van der Waals surface area contributed by atoms with Crippen LogP contribution >= 0.6 is 0 Å². The molecule has 0 saturated carbocycles. The van der Waals surface area contributed by atoms with Crippen molar-refractivity contribution in [3.8, 4) is 18.0 Å². The van der Waals surface area contributed by atoms with E-state index >= 15 is 0 Å². The maximum absolute atomic E-state index is 13.1. The Hall–Kier alpha value is -4.17. The molecule has 1 aliphatic carbocycles. The van der Waals surface area contributed by atoms with E-state index in [9.17, 15) is 14.4 Å². The lowest BCUT2D eigenvalue weighted by molar-refractivity contribution is -0.128. The van der Waals surface area contributed by atoms with Crippen molar-refractivity contribution >= 4 is 5.91 Å². The molecule has 7 nitrogen and oxygen atoms in total. The van der Waals surface area contributed by atoms with Crippen LogP contribution in [-0.4, -0.2) is 36.3 Å². The number of hydrogen-bond donors (Lipinski definition) is 1. The number of nitriles is 2. The highest BCUT2D eigenvalue weighted by atomic mass is 19.1. The average molecular weight is 533 g/mol. The third-order valence-corrected chi connectivity index (χ3v) is 6.22. The summed E-state index contributed by atoms with van der Waals surface area (Å²) in [6, 6.07) is 7.12. The average Bonchev–Trinajstić information content (AvgIpc) is 2.92. The maximum Gasteiger partial charge on any atom is 0.261 e. The normalized spacial score (nSPS) is 18.9. The molecule has 0 aromatic carbocycles. The van der Waals surface area contributed by atoms with Gasteiger partial charge in [0, 0.05) is 42.6 Å². The number of aromatic nitrogens is 1. The molecule has 1 aromatic heterocycles. The van der Waals surface area contributed by atoms with Crippen molar-refractivity contribution in [2.24, 2.45) is 5.92 Å². The minimum Gasteiger partial charge on any atom is -0.495 e. The molecule has 1 amide bonds. The first kappa shape index (κ1) is 31.1.